The summed E-state index contributed by atoms with van der Waals surface area (Å²) in [5.41, 5.74) is 0.406. The van der Waals surface area contributed by atoms with Gasteiger partial charge in [-0.2, -0.15) is 15.0 Å². The average Bonchev–Trinajstić information content (AvgIpc) is 2.13. The van der Waals surface area contributed by atoms with Crippen molar-refractivity contribution < 1.29 is 0 Å². The third-order valence-corrected chi connectivity index (χ3v) is 2.96. The molecule has 17 heavy (non-hydrogen) atoms. The van der Waals surface area contributed by atoms with Crippen LogP contribution >= 0.6 is 58.0 Å². The van der Waals surface area contributed by atoms with E-state index in [1.807, 2.05) is 0 Å². The fraction of sp³-hybridized carbons (Fsp3) is 0. The minimum absolute atomic E-state index is 0.0397. The van der Waals surface area contributed by atoms with Gasteiger partial charge in [0.25, 0.3) is 0 Å². The molecular formula is C9H2Cl5N3. The van der Waals surface area contributed by atoms with Crippen molar-refractivity contribution in [2.75, 3.05) is 0 Å². The molecule has 0 N–H and O–H groups in total. The zero-order valence-electron chi connectivity index (χ0n) is 7.89. The zero-order chi connectivity index (χ0) is 12.6. The third kappa shape index (κ3) is 2.92. The number of benzene rings is 1. The maximum absolute atomic E-state index is 6.02. The van der Waals surface area contributed by atoms with Crippen LogP contribution in [0.1, 0.15) is 0 Å². The number of hydrogen-bond donors (Lipinski definition) is 0. The molecule has 1 aromatic carbocycles. The van der Waals surface area contributed by atoms with Crippen LogP contribution < -0.4 is 0 Å². The van der Waals surface area contributed by atoms with E-state index in [1.54, 1.807) is 0 Å². The Hall–Kier alpha value is -0.320. The Labute approximate surface area is 122 Å². The molecule has 0 radical (unpaired) electrons. The zero-order valence-corrected chi connectivity index (χ0v) is 11.7. The van der Waals surface area contributed by atoms with E-state index in [4.69, 9.17) is 58.0 Å². The van der Waals surface area contributed by atoms with Gasteiger partial charge in [-0.05, 0) is 35.3 Å². The summed E-state index contributed by atoms with van der Waals surface area (Å²) in [5.74, 6) is 0.196. The number of nitrogens with zero attached hydrogens (tertiary/aromatic N) is 3. The normalized spacial score (nSPS) is 10.6. The molecule has 1 heterocycles. The van der Waals surface area contributed by atoms with Gasteiger partial charge in [0.05, 0.1) is 15.6 Å². The van der Waals surface area contributed by atoms with E-state index in [0.717, 1.165) is 0 Å². The molecule has 0 aliphatic heterocycles. The molecular weight excluding hydrogens is 327 g/mol. The van der Waals surface area contributed by atoms with Crippen LogP contribution in [0.4, 0.5) is 0 Å². The highest BCUT2D eigenvalue weighted by atomic mass is 35.5. The summed E-state index contributed by atoms with van der Waals surface area (Å²) in [7, 11) is 0. The Balaban J connectivity index is 2.68. The van der Waals surface area contributed by atoms with E-state index in [9.17, 15) is 0 Å². The van der Waals surface area contributed by atoms with Crippen LogP contribution in [0.2, 0.25) is 25.6 Å². The van der Waals surface area contributed by atoms with Gasteiger partial charge in [0, 0.05) is 5.02 Å². The van der Waals surface area contributed by atoms with Crippen molar-refractivity contribution in [2.45, 2.75) is 0 Å². The number of halogens is 5. The molecule has 0 aliphatic carbocycles. The quantitative estimate of drug-likeness (QED) is 0.754. The predicted molar refractivity (Wildman–Crippen MR) is 70.3 cm³/mol. The van der Waals surface area contributed by atoms with Crippen LogP contribution in [0.5, 0.6) is 0 Å². The van der Waals surface area contributed by atoms with Crippen molar-refractivity contribution in [3.05, 3.63) is 37.8 Å². The van der Waals surface area contributed by atoms with Crippen LogP contribution in [-0.2, 0) is 0 Å². The van der Waals surface area contributed by atoms with Gasteiger partial charge in [-0.25, -0.2) is 0 Å². The summed E-state index contributed by atoms with van der Waals surface area (Å²) in [6.07, 6.45) is 0. The van der Waals surface area contributed by atoms with Crippen LogP contribution in [-0.4, -0.2) is 15.0 Å². The Bertz CT molecular complexity index is 544. The van der Waals surface area contributed by atoms with Crippen molar-refractivity contribution in [3.63, 3.8) is 0 Å². The van der Waals surface area contributed by atoms with Crippen LogP contribution in [0, 0.1) is 0 Å². The van der Waals surface area contributed by atoms with Crippen LogP contribution in [0.25, 0.3) is 11.4 Å². The molecule has 88 valence electrons. The summed E-state index contributed by atoms with van der Waals surface area (Å²) in [6, 6.07) is 3.05. The molecule has 1 aromatic heterocycles. The van der Waals surface area contributed by atoms with Gasteiger partial charge in [0.1, 0.15) is 0 Å². The maximum atomic E-state index is 6.02. The first-order chi connectivity index (χ1) is 7.97. The molecule has 0 fully saturated rings. The predicted octanol–water partition coefficient (Wildman–Crippen LogP) is 4.81. The van der Waals surface area contributed by atoms with Gasteiger partial charge < -0.3 is 0 Å². The topological polar surface area (TPSA) is 38.7 Å². The van der Waals surface area contributed by atoms with Crippen molar-refractivity contribution in [1.29, 1.82) is 0 Å². The lowest BCUT2D eigenvalue weighted by molar-refractivity contribution is 1.06. The Morgan fingerprint density at radius 3 is 1.65 bits per heavy atom. The third-order valence-electron chi connectivity index (χ3n) is 1.81. The number of rotatable bonds is 1. The Morgan fingerprint density at radius 2 is 1.18 bits per heavy atom. The monoisotopic (exact) mass is 327 g/mol. The summed E-state index contributed by atoms with van der Waals surface area (Å²) in [5, 5.41) is 0.945. The van der Waals surface area contributed by atoms with E-state index in [-0.39, 0.29) is 16.4 Å². The molecule has 8 heteroatoms. The highest BCUT2D eigenvalue weighted by Crippen LogP contribution is 2.35. The lowest BCUT2D eigenvalue weighted by atomic mass is 10.2. The second-order valence-corrected chi connectivity index (χ2v) is 4.87. The smallest absolute Gasteiger partial charge is 0.198 e. The van der Waals surface area contributed by atoms with Crippen molar-refractivity contribution in [3.8, 4) is 11.4 Å². The first kappa shape index (κ1) is 13.1. The lowest BCUT2D eigenvalue weighted by Gasteiger charge is -2.06. The van der Waals surface area contributed by atoms with Crippen molar-refractivity contribution >= 4 is 58.0 Å². The molecule has 2 aromatic rings. The minimum Gasteiger partial charge on any atom is -0.198 e. The van der Waals surface area contributed by atoms with Crippen LogP contribution in [0.15, 0.2) is 12.1 Å². The fourth-order valence-electron chi connectivity index (χ4n) is 1.19. The number of hydrogen-bond acceptors (Lipinski definition) is 3. The molecule has 0 unspecified atom stereocenters. The molecule has 0 aliphatic rings. The second-order valence-electron chi connectivity index (χ2n) is 2.94. The molecule has 0 saturated heterocycles. The molecule has 0 bridgehead atoms. The highest BCUT2D eigenvalue weighted by molar-refractivity contribution is 6.41. The summed E-state index contributed by atoms with van der Waals surface area (Å²) in [6.45, 7) is 0. The maximum Gasteiger partial charge on any atom is 0.227 e. The highest BCUT2D eigenvalue weighted by Gasteiger charge is 2.14. The largest absolute Gasteiger partial charge is 0.227 e. The van der Waals surface area contributed by atoms with E-state index < -0.39 is 0 Å². The first-order valence-electron chi connectivity index (χ1n) is 4.19. The van der Waals surface area contributed by atoms with Crippen molar-refractivity contribution in [1.82, 2.24) is 15.0 Å². The van der Waals surface area contributed by atoms with Gasteiger partial charge in [-0.15, -0.1) is 0 Å². The Morgan fingerprint density at radius 1 is 0.706 bits per heavy atom. The molecule has 0 amide bonds. The average molecular weight is 329 g/mol. The Kier molecular flexibility index (Phi) is 3.95. The van der Waals surface area contributed by atoms with Gasteiger partial charge in [0.15, 0.2) is 5.82 Å². The minimum atomic E-state index is -0.0397. The molecule has 0 atom stereocenters. The molecule has 2 rings (SSSR count). The lowest BCUT2D eigenvalue weighted by Crippen LogP contribution is -1.95. The van der Waals surface area contributed by atoms with Gasteiger partial charge in [-0.3, -0.25) is 0 Å². The van der Waals surface area contributed by atoms with E-state index >= 15 is 0 Å². The van der Waals surface area contributed by atoms with E-state index in [0.29, 0.717) is 20.6 Å². The summed E-state index contributed by atoms with van der Waals surface area (Å²) in [4.78, 5) is 11.4. The van der Waals surface area contributed by atoms with E-state index in [1.165, 1.54) is 12.1 Å². The summed E-state index contributed by atoms with van der Waals surface area (Å²) >= 11 is 29.2. The standard InChI is InChI=1S/C9H2Cl5N3/c10-3-1-4(11)6(5(12)2-3)7-15-8(13)17-9(14)16-7/h1-2H. The van der Waals surface area contributed by atoms with Gasteiger partial charge >= 0.3 is 0 Å². The first-order valence-corrected chi connectivity index (χ1v) is 6.08. The van der Waals surface area contributed by atoms with Gasteiger partial charge in [0.2, 0.25) is 10.6 Å². The molecule has 3 nitrogen and oxygen atoms in total. The molecule has 0 spiro atoms. The van der Waals surface area contributed by atoms with E-state index in [2.05, 4.69) is 15.0 Å². The molecule has 0 saturated carbocycles. The SMILES string of the molecule is Clc1cc(Cl)c(-c2nc(Cl)nc(Cl)n2)c(Cl)c1. The van der Waals surface area contributed by atoms with Crippen molar-refractivity contribution in [2.24, 2.45) is 0 Å². The fourth-order valence-corrected chi connectivity index (χ4v) is 2.54. The summed E-state index contributed by atoms with van der Waals surface area (Å²) < 4.78 is 0. The van der Waals surface area contributed by atoms with Gasteiger partial charge in [-0.1, -0.05) is 34.8 Å². The van der Waals surface area contributed by atoms with Crippen LogP contribution in [0.3, 0.4) is 0 Å². The number of aromatic nitrogens is 3. The second kappa shape index (κ2) is 5.12.